The van der Waals surface area contributed by atoms with E-state index in [1.54, 1.807) is 0 Å². The van der Waals surface area contributed by atoms with E-state index in [1.807, 2.05) is 0 Å². The lowest BCUT2D eigenvalue weighted by molar-refractivity contribution is 0.584. The van der Waals surface area contributed by atoms with Gasteiger partial charge in [-0.1, -0.05) is 19.1 Å². The molecule has 0 atom stereocenters. The number of hydrogen-bond donors (Lipinski definition) is 1. The summed E-state index contributed by atoms with van der Waals surface area (Å²) < 4.78 is 0. The summed E-state index contributed by atoms with van der Waals surface area (Å²) in [7, 11) is 0. The van der Waals surface area contributed by atoms with E-state index < -0.39 is 0 Å². The summed E-state index contributed by atoms with van der Waals surface area (Å²) in [5.41, 5.74) is 3.76. The van der Waals surface area contributed by atoms with Crippen molar-refractivity contribution >= 4 is 16.7 Å². The van der Waals surface area contributed by atoms with E-state index in [1.165, 1.54) is 16.5 Å². The number of aryl methyl sites for hydroxylation is 2. The van der Waals surface area contributed by atoms with Gasteiger partial charge in [-0.15, -0.1) is 0 Å². The first-order valence-electron chi connectivity index (χ1n) is 7.14. The molecule has 0 unspecified atom stereocenters. The smallest absolute Gasteiger partial charge is 0.132 e. The van der Waals surface area contributed by atoms with E-state index in [2.05, 4.69) is 48.3 Å². The third kappa shape index (κ3) is 2.43. The molecule has 1 aliphatic rings. The molecule has 0 radical (unpaired) electrons. The van der Waals surface area contributed by atoms with Crippen LogP contribution in [-0.4, -0.2) is 31.2 Å². The van der Waals surface area contributed by atoms with Gasteiger partial charge in [-0.2, -0.15) is 0 Å². The minimum Gasteiger partial charge on any atom is -0.354 e. The second kappa shape index (κ2) is 5.17. The maximum absolute atomic E-state index is 4.91. The molecule has 0 saturated carbocycles. The third-order valence-corrected chi connectivity index (χ3v) is 3.87. The Morgan fingerprint density at radius 2 is 2.00 bits per heavy atom. The molecule has 0 amide bonds. The summed E-state index contributed by atoms with van der Waals surface area (Å²) in [6, 6.07) is 8.88. The summed E-state index contributed by atoms with van der Waals surface area (Å²) in [6.45, 7) is 8.55. The zero-order valence-corrected chi connectivity index (χ0v) is 11.7. The molecule has 19 heavy (non-hydrogen) atoms. The molecule has 1 saturated heterocycles. The normalized spacial score (nSPS) is 16.0. The van der Waals surface area contributed by atoms with Crippen LogP contribution in [0.2, 0.25) is 0 Å². The van der Waals surface area contributed by atoms with Gasteiger partial charge in [-0.05, 0) is 36.6 Å². The maximum Gasteiger partial charge on any atom is 0.132 e. The topological polar surface area (TPSA) is 28.2 Å². The molecule has 3 rings (SSSR count). The van der Waals surface area contributed by atoms with Crippen LogP contribution in [0.25, 0.3) is 10.9 Å². The molecule has 2 aromatic rings. The minimum atomic E-state index is 1.05. The van der Waals surface area contributed by atoms with E-state index in [-0.39, 0.29) is 0 Å². The fourth-order valence-electron chi connectivity index (χ4n) is 2.72. The Hall–Kier alpha value is -1.61. The zero-order chi connectivity index (χ0) is 13.2. The maximum atomic E-state index is 4.91. The molecule has 100 valence electrons. The van der Waals surface area contributed by atoms with Gasteiger partial charge in [0.25, 0.3) is 0 Å². The second-order valence-corrected chi connectivity index (χ2v) is 5.25. The third-order valence-electron chi connectivity index (χ3n) is 3.87. The summed E-state index contributed by atoms with van der Waals surface area (Å²) in [4.78, 5) is 7.30. The number of rotatable bonds is 2. The van der Waals surface area contributed by atoms with Gasteiger partial charge in [0, 0.05) is 31.6 Å². The van der Waals surface area contributed by atoms with E-state index >= 15 is 0 Å². The fourth-order valence-corrected chi connectivity index (χ4v) is 2.72. The van der Waals surface area contributed by atoms with Crippen molar-refractivity contribution in [1.29, 1.82) is 0 Å². The van der Waals surface area contributed by atoms with Crippen LogP contribution >= 0.6 is 0 Å². The van der Waals surface area contributed by atoms with Crippen LogP contribution in [0.4, 0.5) is 5.82 Å². The Morgan fingerprint density at radius 3 is 2.74 bits per heavy atom. The Bertz CT molecular complexity index is 586. The molecule has 2 heterocycles. The number of nitrogens with one attached hydrogen (secondary N) is 1. The molecule has 1 aromatic heterocycles. The molecule has 1 fully saturated rings. The van der Waals surface area contributed by atoms with E-state index in [4.69, 9.17) is 4.98 Å². The SMILES string of the molecule is CCc1ccc2cc(C)c(N3CCNCC3)nc2c1. The molecule has 3 heteroatoms. The first-order chi connectivity index (χ1) is 9.28. The molecular weight excluding hydrogens is 234 g/mol. The fraction of sp³-hybridized carbons (Fsp3) is 0.438. The van der Waals surface area contributed by atoms with Crippen LogP contribution < -0.4 is 10.2 Å². The van der Waals surface area contributed by atoms with Gasteiger partial charge in [-0.3, -0.25) is 0 Å². The Balaban J connectivity index is 2.05. The van der Waals surface area contributed by atoms with Crippen molar-refractivity contribution in [3.63, 3.8) is 0 Å². The summed E-state index contributed by atoms with van der Waals surface area (Å²) >= 11 is 0. The quantitative estimate of drug-likeness (QED) is 0.893. The molecule has 1 aliphatic heterocycles. The zero-order valence-electron chi connectivity index (χ0n) is 11.7. The van der Waals surface area contributed by atoms with Crippen LogP contribution in [0.3, 0.4) is 0 Å². The van der Waals surface area contributed by atoms with Crippen molar-refractivity contribution < 1.29 is 0 Å². The van der Waals surface area contributed by atoms with Gasteiger partial charge in [-0.25, -0.2) is 4.98 Å². The van der Waals surface area contributed by atoms with E-state index in [0.29, 0.717) is 0 Å². The summed E-state index contributed by atoms with van der Waals surface area (Å²) in [5.74, 6) is 1.15. The van der Waals surface area contributed by atoms with E-state index in [9.17, 15) is 0 Å². The number of nitrogens with zero attached hydrogens (tertiary/aromatic N) is 2. The van der Waals surface area contributed by atoms with Crippen LogP contribution in [0, 0.1) is 6.92 Å². The number of fused-ring (bicyclic) bond motifs is 1. The van der Waals surface area contributed by atoms with Crippen LogP contribution in [-0.2, 0) is 6.42 Å². The van der Waals surface area contributed by atoms with Gasteiger partial charge >= 0.3 is 0 Å². The van der Waals surface area contributed by atoms with Crippen molar-refractivity contribution in [2.45, 2.75) is 20.3 Å². The lowest BCUT2D eigenvalue weighted by atomic mass is 10.1. The minimum absolute atomic E-state index is 1.05. The number of hydrogen-bond acceptors (Lipinski definition) is 3. The van der Waals surface area contributed by atoms with Crippen LogP contribution in [0.15, 0.2) is 24.3 Å². The highest BCUT2D eigenvalue weighted by Gasteiger charge is 2.14. The average molecular weight is 255 g/mol. The largest absolute Gasteiger partial charge is 0.354 e. The molecule has 0 bridgehead atoms. The van der Waals surface area contributed by atoms with Crippen molar-refractivity contribution in [2.75, 3.05) is 31.1 Å². The number of piperazine rings is 1. The highest BCUT2D eigenvalue weighted by molar-refractivity contribution is 5.82. The highest BCUT2D eigenvalue weighted by atomic mass is 15.2. The van der Waals surface area contributed by atoms with Gasteiger partial charge in [0.15, 0.2) is 0 Å². The summed E-state index contributed by atoms with van der Waals surface area (Å²) in [6.07, 6.45) is 1.06. The molecule has 0 spiro atoms. The summed E-state index contributed by atoms with van der Waals surface area (Å²) in [5, 5.41) is 4.63. The van der Waals surface area contributed by atoms with Gasteiger partial charge in [0.05, 0.1) is 5.52 Å². The van der Waals surface area contributed by atoms with Crippen LogP contribution in [0.1, 0.15) is 18.1 Å². The van der Waals surface area contributed by atoms with E-state index in [0.717, 1.165) is 43.9 Å². The van der Waals surface area contributed by atoms with Crippen molar-refractivity contribution in [1.82, 2.24) is 10.3 Å². The van der Waals surface area contributed by atoms with Crippen molar-refractivity contribution in [3.8, 4) is 0 Å². The van der Waals surface area contributed by atoms with Crippen molar-refractivity contribution in [3.05, 3.63) is 35.4 Å². The van der Waals surface area contributed by atoms with Gasteiger partial charge < -0.3 is 10.2 Å². The van der Waals surface area contributed by atoms with Crippen LogP contribution in [0.5, 0.6) is 0 Å². The number of anilines is 1. The second-order valence-electron chi connectivity index (χ2n) is 5.25. The lowest BCUT2D eigenvalue weighted by Gasteiger charge is -2.29. The first kappa shape index (κ1) is 12.4. The molecule has 1 aromatic carbocycles. The molecule has 0 aliphatic carbocycles. The lowest BCUT2D eigenvalue weighted by Crippen LogP contribution is -2.44. The highest BCUT2D eigenvalue weighted by Crippen LogP contribution is 2.24. The van der Waals surface area contributed by atoms with Crippen molar-refractivity contribution in [2.24, 2.45) is 0 Å². The molecular formula is C16H21N3. The Kier molecular flexibility index (Phi) is 3.38. The predicted octanol–water partition coefficient (Wildman–Crippen LogP) is 2.52. The average Bonchev–Trinajstić information content (AvgIpc) is 2.47. The predicted molar refractivity (Wildman–Crippen MR) is 80.9 cm³/mol. The number of benzene rings is 1. The molecule has 1 N–H and O–H groups in total. The number of aromatic nitrogens is 1. The standard InChI is InChI=1S/C16H21N3/c1-3-13-4-5-14-10-12(2)16(18-15(14)11-13)19-8-6-17-7-9-19/h4-5,10-11,17H,3,6-9H2,1-2H3. The molecule has 3 nitrogen and oxygen atoms in total. The number of pyridine rings is 1. The van der Waals surface area contributed by atoms with Gasteiger partial charge in [0.1, 0.15) is 5.82 Å². The monoisotopic (exact) mass is 255 g/mol. The Morgan fingerprint density at radius 1 is 1.21 bits per heavy atom. The van der Waals surface area contributed by atoms with Gasteiger partial charge in [0.2, 0.25) is 0 Å². The first-order valence-corrected chi connectivity index (χ1v) is 7.14. The Labute approximate surface area is 114 Å².